The van der Waals surface area contributed by atoms with Crippen molar-refractivity contribution in [2.75, 3.05) is 0 Å². The first-order valence-corrected chi connectivity index (χ1v) is 34.9. The van der Waals surface area contributed by atoms with Crippen LogP contribution in [0.2, 0.25) is 0 Å². The minimum Gasteiger partial charge on any atom is -0.364 e. The molecule has 0 radical (unpaired) electrons. The smallest absolute Gasteiger partial charge is 0.364 e. The van der Waals surface area contributed by atoms with Gasteiger partial charge in [-0.05, 0) is 215 Å². The monoisotopic (exact) mass is 1520 g/mol. The van der Waals surface area contributed by atoms with Gasteiger partial charge in [0.1, 0.15) is 0 Å². The molecule has 0 aliphatic rings. The molecule has 103 heavy (non-hydrogen) atoms. The number of hydrogen-bond donors (Lipinski definition) is 0. The number of para-hydroxylation sites is 3. The maximum atomic E-state index is 4.76. The number of nitrogens with zero attached hydrogens (tertiary/aromatic N) is 9. The van der Waals surface area contributed by atoms with Gasteiger partial charge in [0.15, 0.2) is 0 Å². The molecule has 0 atom stereocenters. The zero-order chi connectivity index (χ0) is 70.4. The van der Waals surface area contributed by atoms with E-state index in [1.54, 1.807) is 6.20 Å². The third-order valence-corrected chi connectivity index (χ3v) is 19.4. The van der Waals surface area contributed by atoms with Crippen LogP contribution in [0.1, 0.15) is 66.8 Å². The molecule has 6 aromatic heterocycles. The van der Waals surface area contributed by atoms with Gasteiger partial charge in [0, 0.05) is 82.2 Å². The van der Waals surface area contributed by atoms with Gasteiger partial charge < -0.3 is 27.4 Å². The van der Waals surface area contributed by atoms with Crippen molar-refractivity contribution in [3.8, 4) is 56.9 Å². The van der Waals surface area contributed by atoms with Crippen molar-refractivity contribution < 1.29 is 20.1 Å². The normalized spacial score (nSPS) is 11.2. The molecule has 0 fully saturated rings. The SMILES string of the molecule is Cc1cc(C)c(-n2ccnc2)c(C)c1.Cc1cccc(-n2c3c[c-]c(-c4nccn4-c4c(C)cc(C)cc4C)cc3c3ccccc32)c1.Cc1cccc(-n2c3c[c-]c(-c4nccn4-c4c(C)cc(C)cc4C)cc3c3ccccc32)c1.Cc1cccc(-n2c3c[c-]ccc3c3ccccc32)c1.[Ir+3]. The summed E-state index contributed by atoms with van der Waals surface area (Å²) >= 11 is 0. The third kappa shape index (κ3) is 13.2. The van der Waals surface area contributed by atoms with Crippen molar-refractivity contribution >= 4 is 65.4 Å². The number of rotatable bonds is 8. The van der Waals surface area contributed by atoms with Gasteiger partial charge in [0.05, 0.1) is 23.7 Å². The maximum absolute atomic E-state index is 4.76. The molecule has 0 aliphatic heterocycles. The number of aryl methyl sites for hydroxylation is 12. The summed E-state index contributed by atoms with van der Waals surface area (Å²) < 4.78 is 13.4. The van der Waals surface area contributed by atoms with E-state index in [-0.39, 0.29) is 20.1 Å². The van der Waals surface area contributed by atoms with Crippen LogP contribution in [0.4, 0.5) is 0 Å². The Morgan fingerprint density at radius 1 is 0.301 bits per heavy atom. The Morgan fingerprint density at radius 2 is 0.660 bits per heavy atom. The molecule has 506 valence electrons. The van der Waals surface area contributed by atoms with Crippen molar-refractivity contribution in [2.45, 2.75) is 83.1 Å². The molecule has 9 nitrogen and oxygen atoms in total. The van der Waals surface area contributed by atoms with E-state index in [1.807, 2.05) is 43.4 Å². The van der Waals surface area contributed by atoms with E-state index in [0.717, 1.165) is 33.8 Å². The summed E-state index contributed by atoms with van der Waals surface area (Å²) in [5.41, 5.74) is 31.5. The quantitative estimate of drug-likeness (QED) is 0.142. The number of aromatic nitrogens is 9. The van der Waals surface area contributed by atoms with Crippen LogP contribution in [0.15, 0.2) is 268 Å². The summed E-state index contributed by atoms with van der Waals surface area (Å²) in [6, 6.07) is 90.2. The molecule has 10 heteroatoms. The molecule has 0 amide bonds. The van der Waals surface area contributed by atoms with Gasteiger partial charge in [-0.2, -0.15) is 24.3 Å². The second kappa shape index (κ2) is 28.7. The van der Waals surface area contributed by atoms with Crippen LogP contribution in [0.3, 0.4) is 0 Å². The Labute approximate surface area is 616 Å². The van der Waals surface area contributed by atoms with Crippen molar-refractivity contribution in [1.82, 2.24) is 42.4 Å². The summed E-state index contributed by atoms with van der Waals surface area (Å²) in [5, 5.41) is 7.44. The minimum atomic E-state index is 0. The molecule has 0 N–H and O–H groups in total. The van der Waals surface area contributed by atoms with Crippen LogP contribution in [0.5, 0.6) is 0 Å². The van der Waals surface area contributed by atoms with Gasteiger partial charge in [-0.3, -0.25) is 9.97 Å². The second-order valence-electron chi connectivity index (χ2n) is 27.3. The molecule has 0 saturated carbocycles. The largest absolute Gasteiger partial charge is 3.00 e. The van der Waals surface area contributed by atoms with Crippen molar-refractivity contribution in [1.29, 1.82) is 0 Å². The number of fused-ring (bicyclic) bond motifs is 9. The van der Waals surface area contributed by atoms with Gasteiger partial charge in [-0.15, -0.1) is 52.9 Å². The maximum Gasteiger partial charge on any atom is 3.00 e. The van der Waals surface area contributed by atoms with Crippen LogP contribution in [-0.4, -0.2) is 42.4 Å². The summed E-state index contributed by atoms with van der Waals surface area (Å²) in [7, 11) is 0. The average Bonchev–Trinajstić information content (AvgIpc) is 1.61. The van der Waals surface area contributed by atoms with Gasteiger partial charge in [0.25, 0.3) is 0 Å². The molecular formula is C93H80IrN9. The molecule has 6 heterocycles. The standard InChI is InChI=1S/2C31H26N3.C19H14N.C12H14N2.Ir/c2*1-20-8-7-9-25(18-20)34-28-11-6-5-10-26(28)27-19-24(12-13-29(27)34)31-32-14-15-33(31)30-22(3)16-21(2)17-23(30)4;1-14-7-6-8-15(13-14)20-18-11-4-2-9-16(18)17-10-3-5-12-19(17)20;1-9-6-10(2)12(11(3)7-9)14-5-4-13-8-14;/h2*5-11,13-19H,1-4H3;2-4,6-13H,1H3;4-8H,1-3H3;/q3*-1;;+3. The Bertz CT molecular complexity index is 5810. The molecule has 0 unspecified atom stereocenters. The first kappa shape index (κ1) is 68.5. The fourth-order valence-electron chi connectivity index (χ4n) is 15.5. The van der Waals surface area contributed by atoms with Gasteiger partial charge in [-0.25, -0.2) is 4.98 Å². The molecule has 0 bridgehead atoms. The molecular weight excluding hydrogens is 1440 g/mol. The van der Waals surface area contributed by atoms with Crippen LogP contribution >= 0.6 is 0 Å². The Hall–Kier alpha value is -11.7. The fourth-order valence-corrected chi connectivity index (χ4v) is 15.5. The topological polar surface area (TPSA) is 68.2 Å². The zero-order valence-electron chi connectivity index (χ0n) is 60.3. The van der Waals surface area contributed by atoms with Crippen LogP contribution in [0.25, 0.3) is 122 Å². The first-order chi connectivity index (χ1) is 49.5. The van der Waals surface area contributed by atoms with E-state index in [2.05, 4.69) is 352 Å². The Kier molecular flexibility index (Phi) is 19.1. The zero-order valence-corrected chi connectivity index (χ0v) is 62.7. The molecule has 0 saturated heterocycles. The van der Waals surface area contributed by atoms with Gasteiger partial charge >= 0.3 is 20.1 Å². The second-order valence-corrected chi connectivity index (χ2v) is 27.3. The number of hydrogen-bond acceptors (Lipinski definition) is 3. The molecule has 0 spiro atoms. The van der Waals surface area contributed by atoms with E-state index < -0.39 is 0 Å². The van der Waals surface area contributed by atoms with Crippen LogP contribution in [-0.2, 0) is 20.1 Å². The average molecular weight is 1520 g/mol. The van der Waals surface area contributed by atoms with Crippen molar-refractivity contribution in [2.24, 2.45) is 0 Å². The van der Waals surface area contributed by atoms with Crippen molar-refractivity contribution in [3.05, 3.63) is 353 Å². The summed E-state index contributed by atoms with van der Waals surface area (Å²) in [5.74, 6) is 1.81. The molecule has 12 aromatic carbocycles. The molecule has 18 rings (SSSR count). The van der Waals surface area contributed by atoms with Crippen LogP contribution < -0.4 is 0 Å². The van der Waals surface area contributed by atoms with E-state index in [4.69, 9.17) is 9.97 Å². The van der Waals surface area contributed by atoms with E-state index in [0.29, 0.717) is 0 Å². The van der Waals surface area contributed by atoms with Gasteiger partial charge in [-0.1, -0.05) is 160 Å². The van der Waals surface area contributed by atoms with E-state index in [1.165, 1.54) is 155 Å². The Morgan fingerprint density at radius 3 is 1.04 bits per heavy atom. The van der Waals surface area contributed by atoms with E-state index in [9.17, 15) is 0 Å². The van der Waals surface area contributed by atoms with Gasteiger partial charge in [0.2, 0.25) is 0 Å². The minimum absolute atomic E-state index is 0. The fraction of sp³-hybridized carbons (Fsp3) is 0.129. The predicted molar refractivity (Wildman–Crippen MR) is 424 cm³/mol. The Balaban J connectivity index is 0.000000122. The summed E-state index contributed by atoms with van der Waals surface area (Å²) in [4.78, 5) is 13.6. The molecule has 18 aromatic rings. The number of imidazole rings is 3. The van der Waals surface area contributed by atoms with Crippen molar-refractivity contribution in [3.63, 3.8) is 0 Å². The summed E-state index contributed by atoms with van der Waals surface area (Å²) in [6.45, 7) is 25.7. The number of benzene rings is 12. The first-order valence-electron chi connectivity index (χ1n) is 34.9. The van der Waals surface area contributed by atoms with Crippen LogP contribution in [0, 0.1) is 101 Å². The molecule has 0 aliphatic carbocycles. The van der Waals surface area contributed by atoms with E-state index >= 15 is 0 Å². The third-order valence-electron chi connectivity index (χ3n) is 19.4. The predicted octanol–water partition coefficient (Wildman–Crippen LogP) is 23.0. The summed E-state index contributed by atoms with van der Waals surface area (Å²) in [6.07, 6.45) is 13.5.